The minimum Gasteiger partial charge on any atom is -0.296 e. The van der Waals surface area contributed by atoms with Gasteiger partial charge in [0.15, 0.2) is 5.82 Å². The molecule has 0 fully saturated rings. The van der Waals surface area contributed by atoms with Crippen molar-refractivity contribution in [3.8, 4) is 10.7 Å². The maximum Gasteiger partial charge on any atom is 0.296 e. The third-order valence-corrected chi connectivity index (χ3v) is 5.61. The van der Waals surface area contributed by atoms with E-state index >= 15 is 0 Å². The van der Waals surface area contributed by atoms with Gasteiger partial charge in [-0.2, -0.15) is 0 Å². The Labute approximate surface area is 121 Å². The quantitative estimate of drug-likeness (QED) is 0.779. The molecule has 0 unspecified atom stereocenters. The Morgan fingerprint density at radius 3 is 2.61 bits per heavy atom. The van der Waals surface area contributed by atoms with E-state index in [4.69, 9.17) is 10.7 Å². The average Bonchev–Trinajstić information content (AvgIpc) is 2.82. The van der Waals surface area contributed by atoms with E-state index in [1.54, 1.807) is 0 Å². The van der Waals surface area contributed by atoms with Crippen molar-refractivity contribution >= 4 is 47.0 Å². The van der Waals surface area contributed by atoms with Gasteiger partial charge in [0.2, 0.25) is 0 Å². The van der Waals surface area contributed by atoms with Crippen molar-refractivity contribution in [2.45, 2.75) is 25.5 Å². The van der Waals surface area contributed by atoms with E-state index in [2.05, 4.69) is 26.1 Å². The second kappa shape index (κ2) is 4.92. The standard InChI is InChI=1S/C9H9BrClN3O2S2/c1-3-14-8(6-4-5(2)7(10)17-6)12-13-9(14)18(11,15)16/h4H,3H2,1-2H3. The molecule has 98 valence electrons. The molecule has 0 radical (unpaired) electrons. The molecule has 0 spiro atoms. The van der Waals surface area contributed by atoms with Crippen molar-refractivity contribution in [2.75, 3.05) is 0 Å². The second-order valence-corrected chi connectivity index (χ2v) is 8.39. The highest BCUT2D eigenvalue weighted by Gasteiger charge is 2.23. The molecule has 0 aromatic carbocycles. The number of hydrogen-bond donors (Lipinski definition) is 0. The molecule has 2 heterocycles. The zero-order chi connectivity index (χ0) is 13.5. The van der Waals surface area contributed by atoms with Gasteiger partial charge in [0, 0.05) is 17.2 Å². The van der Waals surface area contributed by atoms with E-state index in [-0.39, 0.29) is 5.16 Å². The van der Waals surface area contributed by atoms with Crippen LogP contribution in [0.5, 0.6) is 0 Å². The van der Waals surface area contributed by atoms with Crippen LogP contribution in [0.15, 0.2) is 15.0 Å². The molecule has 5 nitrogen and oxygen atoms in total. The number of aromatic nitrogens is 3. The summed E-state index contributed by atoms with van der Waals surface area (Å²) in [6, 6.07) is 1.93. The SMILES string of the molecule is CCn1c(-c2cc(C)c(Br)s2)nnc1S(=O)(=O)Cl. The molecule has 0 saturated heterocycles. The monoisotopic (exact) mass is 369 g/mol. The van der Waals surface area contributed by atoms with Crippen molar-refractivity contribution in [2.24, 2.45) is 0 Å². The lowest BCUT2D eigenvalue weighted by molar-refractivity contribution is 0.583. The van der Waals surface area contributed by atoms with Gasteiger partial charge in [-0.05, 0) is 41.4 Å². The Bertz CT molecular complexity index is 673. The molecule has 9 heteroatoms. The normalized spacial score (nSPS) is 12.0. The van der Waals surface area contributed by atoms with E-state index < -0.39 is 9.05 Å². The summed E-state index contributed by atoms with van der Waals surface area (Å²) in [4.78, 5) is 0.847. The molecule has 0 saturated carbocycles. The third-order valence-electron chi connectivity index (χ3n) is 2.33. The Morgan fingerprint density at radius 2 is 2.17 bits per heavy atom. The number of rotatable bonds is 3. The van der Waals surface area contributed by atoms with Gasteiger partial charge in [0.05, 0.1) is 8.66 Å². The zero-order valence-corrected chi connectivity index (χ0v) is 13.5. The molecule has 0 aliphatic carbocycles. The molecule has 0 N–H and O–H groups in total. The minimum absolute atomic E-state index is 0.219. The molecule has 2 rings (SSSR count). The summed E-state index contributed by atoms with van der Waals surface area (Å²) >= 11 is 4.90. The van der Waals surface area contributed by atoms with Crippen LogP contribution in [-0.4, -0.2) is 23.2 Å². The fourth-order valence-electron chi connectivity index (χ4n) is 1.51. The van der Waals surface area contributed by atoms with Crippen LogP contribution < -0.4 is 0 Å². The van der Waals surface area contributed by atoms with Crippen LogP contribution in [0.4, 0.5) is 0 Å². The third kappa shape index (κ3) is 2.47. The van der Waals surface area contributed by atoms with Gasteiger partial charge in [-0.15, -0.1) is 21.5 Å². The number of hydrogen-bond acceptors (Lipinski definition) is 5. The van der Waals surface area contributed by atoms with Crippen molar-refractivity contribution in [1.29, 1.82) is 0 Å². The molecule has 18 heavy (non-hydrogen) atoms. The highest BCUT2D eigenvalue weighted by molar-refractivity contribution is 9.11. The van der Waals surface area contributed by atoms with Crippen LogP contribution >= 0.6 is 37.9 Å². The van der Waals surface area contributed by atoms with E-state index in [1.165, 1.54) is 15.9 Å². The van der Waals surface area contributed by atoms with Gasteiger partial charge >= 0.3 is 0 Å². The highest BCUT2D eigenvalue weighted by atomic mass is 79.9. The fourth-order valence-corrected chi connectivity index (χ4v) is 3.99. The van der Waals surface area contributed by atoms with Crippen LogP contribution in [0.3, 0.4) is 0 Å². The molecule has 2 aromatic heterocycles. The average molecular weight is 371 g/mol. The van der Waals surface area contributed by atoms with E-state index in [9.17, 15) is 8.42 Å². The summed E-state index contributed by atoms with van der Waals surface area (Å²) < 4.78 is 25.2. The number of halogens is 2. The first-order chi connectivity index (χ1) is 8.34. The van der Waals surface area contributed by atoms with Crippen LogP contribution in [0.2, 0.25) is 0 Å². The maximum absolute atomic E-state index is 11.4. The summed E-state index contributed by atoms with van der Waals surface area (Å²) in [6.07, 6.45) is 0. The molecule has 0 bridgehead atoms. The van der Waals surface area contributed by atoms with Gasteiger partial charge in [0.1, 0.15) is 0 Å². The lowest BCUT2D eigenvalue weighted by Crippen LogP contribution is -2.05. The van der Waals surface area contributed by atoms with Crippen LogP contribution in [0.1, 0.15) is 12.5 Å². The lowest BCUT2D eigenvalue weighted by atomic mass is 10.3. The van der Waals surface area contributed by atoms with E-state index in [1.807, 2.05) is 19.9 Å². The Hall–Kier alpha value is -0.440. The Kier molecular flexibility index (Phi) is 3.82. The first kappa shape index (κ1) is 14.0. The van der Waals surface area contributed by atoms with Crippen LogP contribution in [-0.2, 0) is 15.6 Å². The number of nitrogens with zero attached hydrogens (tertiary/aromatic N) is 3. The van der Waals surface area contributed by atoms with Crippen molar-refractivity contribution in [1.82, 2.24) is 14.8 Å². The second-order valence-electron chi connectivity index (χ2n) is 3.56. The van der Waals surface area contributed by atoms with Gasteiger partial charge in [-0.25, -0.2) is 8.42 Å². The fraction of sp³-hybridized carbons (Fsp3) is 0.333. The van der Waals surface area contributed by atoms with Crippen molar-refractivity contribution < 1.29 is 8.42 Å². The van der Waals surface area contributed by atoms with Gasteiger partial charge in [0.25, 0.3) is 14.2 Å². The van der Waals surface area contributed by atoms with Crippen molar-refractivity contribution in [3.05, 3.63) is 15.4 Å². The van der Waals surface area contributed by atoms with E-state index in [0.29, 0.717) is 12.4 Å². The molecule has 0 amide bonds. The highest BCUT2D eigenvalue weighted by Crippen LogP contribution is 2.34. The van der Waals surface area contributed by atoms with Crippen molar-refractivity contribution in [3.63, 3.8) is 0 Å². The van der Waals surface area contributed by atoms with Crippen LogP contribution in [0, 0.1) is 6.92 Å². The molecular weight excluding hydrogens is 362 g/mol. The first-order valence-electron chi connectivity index (χ1n) is 4.98. The van der Waals surface area contributed by atoms with Crippen LogP contribution in [0.25, 0.3) is 10.7 Å². The summed E-state index contributed by atoms with van der Waals surface area (Å²) in [6.45, 7) is 4.20. The molecule has 2 aromatic rings. The molecular formula is C9H9BrClN3O2S2. The predicted octanol–water partition coefficient (Wildman–Crippen LogP) is 3.02. The molecule has 0 aliphatic rings. The van der Waals surface area contributed by atoms with Gasteiger partial charge in [-0.3, -0.25) is 4.57 Å². The summed E-state index contributed by atoms with van der Waals surface area (Å²) in [7, 11) is 1.44. The molecule has 0 aliphatic heterocycles. The summed E-state index contributed by atoms with van der Waals surface area (Å²) in [5.74, 6) is 0.510. The zero-order valence-electron chi connectivity index (χ0n) is 9.52. The van der Waals surface area contributed by atoms with E-state index in [0.717, 1.165) is 14.2 Å². The minimum atomic E-state index is -3.88. The smallest absolute Gasteiger partial charge is 0.296 e. The Morgan fingerprint density at radius 1 is 1.50 bits per heavy atom. The largest absolute Gasteiger partial charge is 0.296 e. The topological polar surface area (TPSA) is 64.8 Å². The number of aryl methyl sites for hydroxylation is 1. The predicted molar refractivity (Wildman–Crippen MR) is 74.5 cm³/mol. The summed E-state index contributed by atoms with van der Waals surface area (Å²) in [5, 5.41) is 7.36. The van der Waals surface area contributed by atoms with Gasteiger partial charge in [-0.1, -0.05) is 0 Å². The molecule has 0 atom stereocenters. The lowest BCUT2D eigenvalue weighted by Gasteiger charge is -2.03. The first-order valence-corrected chi connectivity index (χ1v) is 8.90. The van der Waals surface area contributed by atoms with Gasteiger partial charge < -0.3 is 0 Å². The maximum atomic E-state index is 11.4. The number of thiophene rings is 1. The summed E-state index contributed by atoms with van der Waals surface area (Å²) in [5.41, 5.74) is 1.07. The Balaban J connectivity index is 2.63.